The van der Waals surface area contributed by atoms with E-state index in [0.717, 1.165) is 57.8 Å². The lowest BCUT2D eigenvalue weighted by Crippen LogP contribution is -2.37. The van der Waals surface area contributed by atoms with Crippen LogP contribution in [0.15, 0.2) is 97.4 Å². The highest BCUT2D eigenvalue weighted by Crippen LogP contribution is 2.43. The van der Waals surface area contributed by atoms with Gasteiger partial charge in [0.25, 0.3) is 0 Å². The van der Waals surface area contributed by atoms with Gasteiger partial charge in [0.05, 0.1) is 40.1 Å². The van der Waals surface area contributed by atoms with Crippen LogP contribution >= 0.6 is 7.82 Å². The van der Waals surface area contributed by atoms with E-state index in [2.05, 4.69) is 74.6 Å². The summed E-state index contributed by atoms with van der Waals surface area (Å²) in [7, 11) is 1.47. The minimum absolute atomic E-state index is 0.0297. The molecule has 0 heterocycles. The normalized spacial score (nSPS) is 15.2. The number of unbranched alkanes of at least 4 members (excludes halogenated alkanes) is 11. The highest BCUT2D eigenvalue weighted by molar-refractivity contribution is 7.47. The monoisotopic (exact) mass is 833 g/mol. The van der Waals surface area contributed by atoms with Crippen LogP contribution in [0, 0.1) is 0 Å². The number of allylic oxidation sites excluding steroid dienone is 14. The van der Waals surface area contributed by atoms with E-state index < -0.39 is 26.0 Å². The number of carbonyl (C=O) groups excluding carboxylic acids is 1. The van der Waals surface area contributed by atoms with Crippen LogP contribution in [0.1, 0.15) is 142 Å². The number of phosphoric acid groups is 1. The molecule has 0 aliphatic rings. The number of carbonyl (C=O) groups is 1. The zero-order chi connectivity index (χ0) is 42.8. The second kappa shape index (κ2) is 39.7. The summed E-state index contributed by atoms with van der Waals surface area (Å²) in [6.07, 6.45) is 51.5. The summed E-state index contributed by atoms with van der Waals surface area (Å²) in [5.41, 5.74) is 0. The van der Waals surface area contributed by atoms with Crippen LogP contribution in [0.25, 0.3) is 0 Å². The first-order chi connectivity index (χ1) is 28.0. The third-order valence-electron chi connectivity index (χ3n) is 8.81. The lowest BCUT2D eigenvalue weighted by molar-refractivity contribution is -0.870. The molecular formula is C48H83NO8P+. The maximum Gasteiger partial charge on any atom is 0.472 e. The third-order valence-corrected chi connectivity index (χ3v) is 9.80. The number of hydrogen-bond donors (Lipinski definition) is 2. The largest absolute Gasteiger partial charge is 0.498 e. The number of ether oxygens (including phenoxy) is 2. The second-order valence-corrected chi connectivity index (χ2v) is 17.1. The molecule has 0 saturated heterocycles. The Morgan fingerprint density at radius 2 is 1.19 bits per heavy atom. The lowest BCUT2D eigenvalue weighted by Gasteiger charge is -2.24. The van der Waals surface area contributed by atoms with Gasteiger partial charge in [-0.05, 0) is 83.1 Å². The molecule has 9 nitrogen and oxygen atoms in total. The van der Waals surface area contributed by atoms with E-state index in [1.165, 1.54) is 57.8 Å². The number of rotatable bonds is 39. The van der Waals surface area contributed by atoms with Crippen LogP contribution in [0.2, 0.25) is 0 Å². The number of phosphoric ester groups is 1. The summed E-state index contributed by atoms with van der Waals surface area (Å²) in [4.78, 5) is 22.9. The maximum atomic E-state index is 12.7. The van der Waals surface area contributed by atoms with E-state index in [-0.39, 0.29) is 32.7 Å². The summed E-state index contributed by atoms with van der Waals surface area (Å²) in [6.45, 7) is 4.49. The summed E-state index contributed by atoms with van der Waals surface area (Å²) >= 11 is 0. The second-order valence-electron chi connectivity index (χ2n) is 15.6. The molecule has 2 unspecified atom stereocenters. The van der Waals surface area contributed by atoms with E-state index in [1.807, 2.05) is 39.4 Å². The van der Waals surface area contributed by atoms with Gasteiger partial charge in [0.2, 0.25) is 0 Å². The van der Waals surface area contributed by atoms with Crippen molar-refractivity contribution in [3.8, 4) is 0 Å². The van der Waals surface area contributed by atoms with Crippen molar-refractivity contribution in [2.45, 2.75) is 154 Å². The molecule has 332 valence electrons. The molecule has 0 radical (unpaired) electrons. The number of aliphatic hydroxyl groups excluding tert-OH is 1. The Bertz CT molecular complexity index is 1260. The van der Waals surface area contributed by atoms with Gasteiger partial charge in [-0.2, -0.15) is 0 Å². The zero-order valence-corrected chi connectivity index (χ0v) is 38.0. The quantitative estimate of drug-likeness (QED) is 0.0120. The first-order valence-electron chi connectivity index (χ1n) is 22.1. The Morgan fingerprint density at radius 1 is 0.655 bits per heavy atom. The molecule has 0 saturated carbocycles. The number of aliphatic hydroxyl groups is 1. The SMILES string of the molecule is CC/C=C\C/C=C\C/C=C\C/C=C\C/C=C\C=C/C(O)CCC(=O)O[C@H](CO/C=C/CCCCCC/C=C\CCCCCCCC)COP(=O)(O)OCC[N+](C)(C)C. The Labute approximate surface area is 354 Å². The van der Waals surface area contributed by atoms with Gasteiger partial charge in [0.15, 0.2) is 6.10 Å². The van der Waals surface area contributed by atoms with Crippen molar-refractivity contribution in [2.24, 2.45) is 0 Å². The van der Waals surface area contributed by atoms with Crippen LogP contribution in [0.5, 0.6) is 0 Å². The zero-order valence-electron chi connectivity index (χ0n) is 37.1. The maximum absolute atomic E-state index is 12.7. The molecule has 0 aromatic rings. The number of nitrogens with zero attached hydrogens (tertiary/aromatic N) is 1. The molecule has 0 aromatic carbocycles. The molecule has 0 fully saturated rings. The van der Waals surface area contributed by atoms with Crippen LogP contribution < -0.4 is 0 Å². The van der Waals surface area contributed by atoms with Crippen molar-refractivity contribution in [1.29, 1.82) is 0 Å². The first-order valence-corrected chi connectivity index (χ1v) is 23.6. The molecule has 0 aromatic heterocycles. The average molecular weight is 833 g/mol. The van der Waals surface area contributed by atoms with E-state index in [1.54, 1.807) is 18.4 Å². The van der Waals surface area contributed by atoms with Crippen LogP contribution in [0.3, 0.4) is 0 Å². The molecule has 2 N–H and O–H groups in total. The summed E-state index contributed by atoms with van der Waals surface area (Å²) in [5.74, 6) is -0.570. The molecule has 58 heavy (non-hydrogen) atoms. The Balaban J connectivity index is 4.58. The number of hydrogen-bond acceptors (Lipinski definition) is 7. The minimum atomic E-state index is -4.37. The molecule has 0 aliphatic carbocycles. The van der Waals surface area contributed by atoms with E-state index in [4.69, 9.17) is 18.5 Å². The molecule has 0 amide bonds. The van der Waals surface area contributed by atoms with E-state index >= 15 is 0 Å². The molecule has 10 heteroatoms. The summed E-state index contributed by atoms with van der Waals surface area (Å²) in [5, 5.41) is 10.4. The fraction of sp³-hybridized carbons (Fsp3) is 0.646. The van der Waals surface area contributed by atoms with Gasteiger partial charge in [-0.1, -0.05) is 144 Å². The van der Waals surface area contributed by atoms with Gasteiger partial charge < -0.3 is 24.0 Å². The molecule has 0 spiro atoms. The standard InChI is InChI=1S/C48H82NO8P/c1-6-8-10-12-14-16-18-20-22-24-26-28-30-32-34-36-38-46(50)39-40-48(51)57-47(45-56-58(52,53)55-43-41-49(3,4)5)44-54-42-37-35-33-31-29-27-25-23-21-19-17-15-13-11-9-7-2/h8,10,14,16,20-23,26,28,32,34,36-38,42,46-47,50H,6-7,9,11-13,15,17-19,24-25,27,29-31,33,35,39-41,43-45H2,1-5H3/p+1/b10-8-,16-14-,22-20-,23-21-,28-26-,34-32-,38-36-,42-37+/t46?,47-/m1/s1. The average Bonchev–Trinajstić information content (AvgIpc) is 3.17. The van der Waals surface area contributed by atoms with Gasteiger partial charge >= 0.3 is 13.8 Å². The van der Waals surface area contributed by atoms with Gasteiger partial charge in [0, 0.05) is 6.42 Å². The van der Waals surface area contributed by atoms with Crippen molar-refractivity contribution in [3.05, 3.63) is 97.4 Å². The topological polar surface area (TPSA) is 112 Å². The minimum Gasteiger partial charge on any atom is -0.498 e. The summed E-state index contributed by atoms with van der Waals surface area (Å²) in [6, 6.07) is 0. The predicted octanol–water partition coefficient (Wildman–Crippen LogP) is 12.4. The van der Waals surface area contributed by atoms with Gasteiger partial charge in [0.1, 0.15) is 19.8 Å². The molecular weight excluding hydrogens is 750 g/mol. The van der Waals surface area contributed by atoms with Gasteiger partial charge in [-0.15, -0.1) is 0 Å². The Hall–Kier alpha value is -2.78. The molecule has 0 rings (SSSR count). The van der Waals surface area contributed by atoms with E-state index in [0.29, 0.717) is 11.0 Å². The van der Waals surface area contributed by atoms with Crippen LogP contribution in [-0.4, -0.2) is 80.2 Å². The summed E-state index contributed by atoms with van der Waals surface area (Å²) < 4.78 is 34.5. The Kier molecular flexibility index (Phi) is 37.8. The van der Waals surface area contributed by atoms with Crippen molar-refractivity contribution in [1.82, 2.24) is 0 Å². The third kappa shape index (κ3) is 42.8. The van der Waals surface area contributed by atoms with Crippen molar-refractivity contribution < 1.29 is 42.4 Å². The fourth-order valence-corrected chi connectivity index (χ4v) is 6.07. The fourth-order valence-electron chi connectivity index (χ4n) is 5.33. The highest BCUT2D eigenvalue weighted by atomic mass is 31.2. The van der Waals surface area contributed by atoms with Gasteiger partial charge in [-0.25, -0.2) is 4.57 Å². The highest BCUT2D eigenvalue weighted by Gasteiger charge is 2.26. The lowest BCUT2D eigenvalue weighted by atomic mass is 10.1. The molecule has 3 atom stereocenters. The first kappa shape index (κ1) is 55.2. The Morgan fingerprint density at radius 3 is 1.76 bits per heavy atom. The van der Waals surface area contributed by atoms with Crippen molar-refractivity contribution in [2.75, 3.05) is 47.5 Å². The molecule has 0 bridgehead atoms. The van der Waals surface area contributed by atoms with Crippen molar-refractivity contribution in [3.63, 3.8) is 0 Å². The number of esters is 1. The van der Waals surface area contributed by atoms with E-state index in [9.17, 15) is 19.4 Å². The van der Waals surface area contributed by atoms with Gasteiger partial charge in [-0.3, -0.25) is 13.8 Å². The smallest absolute Gasteiger partial charge is 0.472 e. The van der Waals surface area contributed by atoms with Crippen LogP contribution in [-0.2, 0) is 27.9 Å². The number of likely N-dealkylation sites (N-methyl/N-ethyl adjacent to an activating group) is 1. The molecule has 0 aliphatic heterocycles. The van der Waals surface area contributed by atoms with Crippen molar-refractivity contribution >= 4 is 13.8 Å². The predicted molar refractivity (Wildman–Crippen MR) is 243 cm³/mol. The number of quaternary nitrogens is 1. The van der Waals surface area contributed by atoms with Crippen LogP contribution in [0.4, 0.5) is 0 Å².